The van der Waals surface area contributed by atoms with Crippen molar-refractivity contribution in [2.75, 3.05) is 5.32 Å². The summed E-state index contributed by atoms with van der Waals surface area (Å²) >= 11 is 0. The van der Waals surface area contributed by atoms with Crippen LogP contribution < -0.4 is 16.4 Å². The molecule has 0 fully saturated rings. The largest absolute Gasteiger partial charge is 0.365 e. The quantitative estimate of drug-likeness (QED) is 0.309. The lowest BCUT2D eigenvalue weighted by molar-refractivity contribution is 0.0906. The molecule has 4 aromatic rings. The minimum absolute atomic E-state index is 0.0377. The summed E-state index contributed by atoms with van der Waals surface area (Å²) in [5.74, 6) is 0.00832. The Bertz CT molecular complexity index is 1650. The molecule has 0 saturated heterocycles. The molecule has 2 aromatic heterocycles. The molecule has 3 heterocycles. The van der Waals surface area contributed by atoms with Gasteiger partial charge in [-0.15, -0.1) is 0 Å². The lowest BCUT2D eigenvalue weighted by Gasteiger charge is -2.21. The van der Waals surface area contributed by atoms with E-state index in [2.05, 4.69) is 59.7 Å². The number of carbonyl (C=O) groups excluding carboxylic acids is 2. The summed E-state index contributed by atoms with van der Waals surface area (Å²) in [7, 11) is 0. The lowest BCUT2D eigenvalue weighted by Crippen LogP contribution is -2.24. The van der Waals surface area contributed by atoms with E-state index < -0.39 is 11.8 Å². The minimum Gasteiger partial charge on any atom is -0.365 e. The number of nitrogens with zero attached hydrogens (tertiary/aromatic N) is 4. The van der Waals surface area contributed by atoms with Crippen molar-refractivity contribution in [3.63, 3.8) is 0 Å². The van der Waals surface area contributed by atoms with Gasteiger partial charge in [0.25, 0.3) is 5.91 Å². The number of benzene rings is 2. The topological polar surface area (TPSA) is 141 Å². The minimum atomic E-state index is -0.549. The third-order valence-corrected chi connectivity index (χ3v) is 7.36. The van der Waals surface area contributed by atoms with E-state index in [0.717, 1.165) is 28.8 Å². The number of fused-ring (bicyclic) bond motifs is 2. The summed E-state index contributed by atoms with van der Waals surface area (Å²) in [6, 6.07) is 12.1. The molecule has 10 heteroatoms. The summed E-state index contributed by atoms with van der Waals surface area (Å²) in [6.45, 7) is 15.3. The molecule has 0 bridgehead atoms. The van der Waals surface area contributed by atoms with Gasteiger partial charge in [-0.1, -0.05) is 71.0 Å². The average Bonchev–Trinajstić information content (AvgIpc) is 3.49. The number of carbonyl (C=O) groups is 2. The number of nitrogens with one attached hydrogen (secondary N) is 2. The van der Waals surface area contributed by atoms with Gasteiger partial charge in [-0.2, -0.15) is 10.1 Å². The van der Waals surface area contributed by atoms with Crippen LogP contribution in [-0.2, 0) is 30.3 Å². The zero-order chi connectivity index (χ0) is 29.7. The predicted molar refractivity (Wildman–Crippen MR) is 157 cm³/mol. The van der Waals surface area contributed by atoms with E-state index in [0.29, 0.717) is 29.4 Å². The third kappa shape index (κ3) is 5.59. The highest BCUT2D eigenvalue weighted by Gasteiger charge is 2.27. The van der Waals surface area contributed by atoms with Gasteiger partial charge in [0.15, 0.2) is 5.82 Å². The highest BCUT2D eigenvalue weighted by molar-refractivity contribution is 6.04. The first-order valence-corrected chi connectivity index (χ1v) is 13.8. The van der Waals surface area contributed by atoms with Crippen molar-refractivity contribution < 1.29 is 14.1 Å². The molecule has 2 aromatic carbocycles. The molecule has 0 saturated carbocycles. The molecule has 0 unspecified atom stereocenters. The van der Waals surface area contributed by atoms with Crippen molar-refractivity contribution in [3.05, 3.63) is 75.9 Å². The van der Waals surface area contributed by atoms with E-state index in [1.165, 1.54) is 11.1 Å². The number of aromatic nitrogens is 4. The Kier molecular flexibility index (Phi) is 6.97. The number of hydrogen-bond acceptors (Lipinski definition) is 7. The summed E-state index contributed by atoms with van der Waals surface area (Å²) in [6.07, 6.45) is 0.771. The second-order valence-electron chi connectivity index (χ2n) is 12.7. The third-order valence-electron chi connectivity index (χ3n) is 7.36. The van der Waals surface area contributed by atoms with E-state index in [1.807, 2.05) is 50.6 Å². The Labute approximate surface area is 239 Å². The highest BCUT2D eigenvalue weighted by atomic mass is 16.5. The molecule has 2 amide bonds. The van der Waals surface area contributed by atoms with Crippen molar-refractivity contribution in [1.82, 2.24) is 25.2 Å². The number of hydrogen-bond donors (Lipinski definition) is 3. The van der Waals surface area contributed by atoms with E-state index in [9.17, 15) is 9.59 Å². The molecular formula is C31H37N7O3. The van der Waals surface area contributed by atoms with Gasteiger partial charge >= 0.3 is 11.8 Å². The van der Waals surface area contributed by atoms with Gasteiger partial charge in [0.2, 0.25) is 0 Å². The first-order chi connectivity index (χ1) is 19.2. The molecule has 4 N–H and O–H groups in total. The fraction of sp³-hybridized carbons (Fsp3) is 0.387. The van der Waals surface area contributed by atoms with Crippen LogP contribution in [0.5, 0.6) is 0 Å². The predicted octanol–water partition coefficient (Wildman–Crippen LogP) is 5.17. The molecule has 0 radical (unpaired) electrons. The van der Waals surface area contributed by atoms with Crippen LogP contribution in [0.25, 0.3) is 11.3 Å². The maximum atomic E-state index is 12.7. The standard InChI is InChI=1S/C31H37N7O3/c1-17-14-19(8-9-20(17)16-33-27(40)28-35-29(37-41-28)31(5,6)7)24-23(25(32)39)26-34-22-11-10-21(30(2,3)4)15-18(22)12-13-38(26)36-24/h8-11,14-15,34H,12-13,16H2,1-7H3,(H2,32,39)(H,33,40). The second-order valence-corrected chi connectivity index (χ2v) is 12.7. The molecule has 0 aliphatic carbocycles. The Hall–Kier alpha value is -4.47. The first kappa shape index (κ1) is 28.1. The Morgan fingerprint density at radius 1 is 1.07 bits per heavy atom. The highest BCUT2D eigenvalue weighted by Crippen LogP contribution is 2.36. The van der Waals surface area contributed by atoms with Gasteiger partial charge in [-0.25, -0.2) is 4.68 Å². The van der Waals surface area contributed by atoms with Crippen molar-refractivity contribution in [1.29, 1.82) is 0 Å². The maximum Gasteiger partial charge on any atom is 0.315 e. The monoisotopic (exact) mass is 555 g/mol. The Balaban J connectivity index is 1.38. The van der Waals surface area contributed by atoms with Crippen molar-refractivity contribution in [2.45, 2.75) is 78.8 Å². The van der Waals surface area contributed by atoms with Crippen LogP contribution in [0.1, 0.15) is 90.7 Å². The SMILES string of the molecule is Cc1cc(-c2nn3c(c2C(N)=O)Nc2ccc(C(C)(C)C)cc2CC3)ccc1CNC(=O)c1nc(C(C)(C)C)no1. The normalized spacial score (nSPS) is 13.1. The number of amides is 2. The molecule has 41 heavy (non-hydrogen) atoms. The van der Waals surface area contributed by atoms with Crippen molar-refractivity contribution in [2.24, 2.45) is 5.73 Å². The number of rotatable bonds is 5. The van der Waals surface area contributed by atoms with E-state index in [4.69, 9.17) is 15.4 Å². The number of primary amides is 1. The van der Waals surface area contributed by atoms with Gasteiger partial charge in [0.05, 0.1) is 0 Å². The lowest BCUT2D eigenvalue weighted by atomic mass is 9.85. The van der Waals surface area contributed by atoms with Gasteiger partial charge in [-0.05, 0) is 53.1 Å². The van der Waals surface area contributed by atoms with Crippen LogP contribution in [0.3, 0.4) is 0 Å². The summed E-state index contributed by atoms with van der Waals surface area (Å²) < 4.78 is 6.97. The molecule has 1 aliphatic rings. The zero-order valence-electron chi connectivity index (χ0n) is 24.7. The molecule has 0 atom stereocenters. The van der Waals surface area contributed by atoms with Gasteiger partial charge in [0, 0.05) is 29.8 Å². The molecule has 214 valence electrons. The maximum absolute atomic E-state index is 12.7. The molecule has 1 aliphatic heterocycles. The van der Waals surface area contributed by atoms with Crippen LogP contribution in [-0.4, -0.2) is 31.7 Å². The van der Waals surface area contributed by atoms with Crippen molar-refractivity contribution >= 4 is 23.3 Å². The summed E-state index contributed by atoms with van der Waals surface area (Å²) in [5, 5.41) is 15.0. The van der Waals surface area contributed by atoms with Crippen molar-refractivity contribution in [3.8, 4) is 11.3 Å². The molecule has 0 spiro atoms. The van der Waals surface area contributed by atoms with Crippen LogP contribution >= 0.6 is 0 Å². The fourth-order valence-electron chi connectivity index (χ4n) is 4.84. The average molecular weight is 556 g/mol. The first-order valence-electron chi connectivity index (χ1n) is 13.8. The van der Waals surface area contributed by atoms with E-state index in [-0.39, 0.29) is 23.3 Å². The van der Waals surface area contributed by atoms with Crippen LogP contribution in [0.15, 0.2) is 40.9 Å². The fourth-order valence-corrected chi connectivity index (χ4v) is 4.84. The Morgan fingerprint density at radius 2 is 1.83 bits per heavy atom. The number of anilines is 2. The molecular weight excluding hydrogens is 518 g/mol. The van der Waals surface area contributed by atoms with Gasteiger partial charge in [0.1, 0.15) is 17.1 Å². The summed E-state index contributed by atoms with van der Waals surface area (Å²) in [5.41, 5.74) is 12.5. The second kappa shape index (κ2) is 10.2. The Morgan fingerprint density at radius 3 is 2.46 bits per heavy atom. The van der Waals surface area contributed by atoms with Gasteiger partial charge < -0.3 is 20.9 Å². The molecule has 5 rings (SSSR count). The van der Waals surface area contributed by atoms with Crippen LogP contribution in [0, 0.1) is 6.92 Å². The van der Waals surface area contributed by atoms with Gasteiger partial charge in [-0.3, -0.25) is 9.59 Å². The van der Waals surface area contributed by atoms with E-state index in [1.54, 1.807) is 0 Å². The summed E-state index contributed by atoms with van der Waals surface area (Å²) in [4.78, 5) is 29.5. The number of aryl methyl sites for hydroxylation is 3. The number of nitrogens with two attached hydrogens (primary N) is 1. The van der Waals surface area contributed by atoms with Crippen LogP contribution in [0.4, 0.5) is 11.5 Å². The smallest absolute Gasteiger partial charge is 0.315 e. The zero-order valence-corrected chi connectivity index (χ0v) is 24.7. The van der Waals surface area contributed by atoms with E-state index >= 15 is 0 Å². The molecule has 10 nitrogen and oxygen atoms in total. The van der Waals surface area contributed by atoms with Crippen LogP contribution in [0.2, 0.25) is 0 Å².